The number of likely N-dealkylation sites (N-methyl/N-ethyl adjacent to an activating group) is 1. The molecule has 0 aromatic carbocycles. The lowest BCUT2D eigenvalue weighted by atomic mass is 10.3. The molecule has 0 bridgehead atoms. The summed E-state index contributed by atoms with van der Waals surface area (Å²) in [4.78, 5) is 36.1. The molecule has 0 aliphatic rings. The Balaban J connectivity index is 2.57. The van der Waals surface area contributed by atoms with Gasteiger partial charge in [-0.1, -0.05) is 0 Å². The van der Waals surface area contributed by atoms with Gasteiger partial charge in [0.2, 0.25) is 5.91 Å². The smallest absolute Gasteiger partial charge is 0.350 e. The Kier molecular flexibility index (Phi) is 6.13. The number of hydrogen-bond acceptors (Lipinski definition) is 7. The summed E-state index contributed by atoms with van der Waals surface area (Å²) in [6.45, 7) is 0.0168. The van der Waals surface area contributed by atoms with Crippen LogP contribution in [0.5, 0.6) is 0 Å². The van der Waals surface area contributed by atoms with Gasteiger partial charge in [-0.15, -0.1) is 11.3 Å². The third kappa shape index (κ3) is 4.63. The molecule has 7 nitrogen and oxygen atoms in total. The number of nitrogens with zero attached hydrogens (tertiary/aromatic N) is 1. The van der Waals surface area contributed by atoms with E-state index in [4.69, 9.17) is 0 Å². The molecule has 1 heterocycles. The number of hydrogen-bond donors (Lipinski definition) is 1. The molecule has 110 valence electrons. The quantitative estimate of drug-likeness (QED) is 0.774. The summed E-state index contributed by atoms with van der Waals surface area (Å²) in [7, 11) is 4.17. The first-order valence-corrected chi connectivity index (χ1v) is 6.57. The maximum Gasteiger partial charge on any atom is 0.350 e. The summed E-state index contributed by atoms with van der Waals surface area (Å²) in [6, 6.07) is 1.62. The fraction of sp³-hybridized carbons (Fsp3) is 0.417. The largest absolute Gasteiger partial charge is 0.468 e. The van der Waals surface area contributed by atoms with Gasteiger partial charge in [0.1, 0.15) is 4.88 Å². The van der Waals surface area contributed by atoms with E-state index in [2.05, 4.69) is 14.8 Å². The lowest BCUT2D eigenvalue weighted by Crippen LogP contribution is -2.34. The lowest BCUT2D eigenvalue weighted by molar-refractivity contribution is -0.141. The van der Waals surface area contributed by atoms with Crippen molar-refractivity contribution < 1.29 is 23.9 Å². The van der Waals surface area contributed by atoms with Crippen LogP contribution in [0, 0.1) is 0 Å². The third-order valence-electron chi connectivity index (χ3n) is 2.35. The highest BCUT2D eigenvalue weighted by Crippen LogP contribution is 2.22. The van der Waals surface area contributed by atoms with Crippen molar-refractivity contribution in [2.24, 2.45) is 0 Å². The molecular formula is C12H16N2O5S. The topological polar surface area (TPSA) is 84.9 Å². The van der Waals surface area contributed by atoms with E-state index in [0.29, 0.717) is 10.6 Å². The SMILES string of the molecule is COC(=O)CN(C)CC(=O)Nc1ccsc1C(=O)OC. The number of rotatable bonds is 6. The molecule has 0 saturated carbocycles. The van der Waals surface area contributed by atoms with E-state index < -0.39 is 11.9 Å². The second kappa shape index (κ2) is 7.61. The molecule has 1 aromatic rings. The molecule has 0 radical (unpaired) electrons. The van der Waals surface area contributed by atoms with Gasteiger partial charge in [-0.3, -0.25) is 14.5 Å². The fourth-order valence-corrected chi connectivity index (χ4v) is 2.20. The van der Waals surface area contributed by atoms with Gasteiger partial charge in [-0.25, -0.2) is 4.79 Å². The summed E-state index contributed by atoms with van der Waals surface area (Å²) in [5.74, 6) is -1.26. The van der Waals surface area contributed by atoms with Crippen LogP contribution in [0.2, 0.25) is 0 Å². The zero-order valence-electron chi connectivity index (χ0n) is 11.5. The molecule has 0 aliphatic heterocycles. The minimum absolute atomic E-state index is 0.00552. The van der Waals surface area contributed by atoms with Crippen LogP contribution < -0.4 is 5.32 Å². The maximum absolute atomic E-state index is 11.8. The number of carbonyl (C=O) groups excluding carboxylic acids is 3. The van der Waals surface area contributed by atoms with Gasteiger partial charge in [-0.2, -0.15) is 0 Å². The zero-order valence-corrected chi connectivity index (χ0v) is 12.3. The van der Waals surface area contributed by atoms with Crippen LogP contribution in [0.3, 0.4) is 0 Å². The third-order valence-corrected chi connectivity index (χ3v) is 3.24. The van der Waals surface area contributed by atoms with Gasteiger partial charge >= 0.3 is 11.9 Å². The van der Waals surface area contributed by atoms with Crippen LogP contribution in [0.25, 0.3) is 0 Å². The van der Waals surface area contributed by atoms with E-state index in [1.807, 2.05) is 0 Å². The van der Waals surface area contributed by atoms with Crippen LogP contribution in [-0.2, 0) is 19.1 Å². The highest BCUT2D eigenvalue weighted by molar-refractivity contribution is 7.12. The predicted molar refractivity (Wildman–Crippen MR) is 73.8 cm³/mol. The summed E-state index contributed by atoms with van der Waals surface area (Å²) >= 11 is 1.18. The van der Waals surface area contributed by atoms with Crippen LogP contribution in [0.4, 0.5) is 5.69 Å². The second-order valence-electron chi connectivity index (χ2n) is 3.95. The van der Waals surface area contributed by atoms with Crippen molar-refractivity contribution in [3.05, 3.63) is 16.3 Å². The van der Waals surface area contributed by atoms with E-state index in [9.17, 15) is 14.4 Å². The van der Waals surface area contributed by atoms with Crippen molar-refractivity contribution in [2.75, 3.05) is 39.7 Å². The van der Waals surface area contributed by atoms with Crippen molar-refractivity contribution >= 4 is 34.9 Å². The number of thiophene rings is 1. The molecular weight excluding hydrogens is 284 g/mol. The number of methoxy groups -OCH3 is 2. The molecule has 0 atom stereocenters. The Hall–Kier alpha value is -1.93. The molecule has 1 aromatic heterocycles. The lowest BCUT2D eigenvalue weighted by Gasteiger charge is -2.14. The Bertz CT molecular complexity index is 500. The standard InChI is InChI=1S/C12H16N2O5S/c1-14(7-10(16)18-2)6-9(15)13-8-4-5-20-11(8)12(17)19-3/h4-5H,6-7H2,1-3H3,(H,13,15). The van der Waals surface area contributed by atoms with Gasteiger partial charge in [0.05, 0.1) is 33.0 Å². The Morgan fingerprint density at radius 3 is 2.55 bits per heavy atom. The zero-order chi connectivity index (χ0) is 15.1. The highest BCUT2D eigenvalue weighted by atomic mass is 32.1. The molecule has 8 heteroatoms. The summed E-state index contributed by atoms with van der Waals surface area (Å²) in [6.07, 6.45) is 0. The van der Waals surface area contributed by atoms with Crippen molar-refractivity contribution in [2.45, 2.75) is 0 Å². The minimum atomic E-state index is -0.502. The van der Waals surface area contributed by atoms with Crippen LogP contribution in [-0.4, -0.2) is 57.1 Å². The Labute approximate surface area is 120 Å². The molecule has 0 spiro atoms. The van der Waals surface area contributed by atoms with Crippen LogP contribution in [0.1, 0.15) is 9.67 Å². The number of anilines is 1. The van der Waals surface area contributed by atoms with Gasteiger partial charge < -0.3 is 14.8 Å². The number of ether oxygens (including phenoxy) is 2. The molecule has 20 heavy (non-hydrogen) atoms. The number of esters is 2. The molecule has 1 N–H and O–H groups in total. The number of amides is 1. The van der Waals surface area contributed by atoms with Gasteiger partial charge in [0.15, 0.2) is 0 Å². The molecule has 0 aliphatic carbocycles. The van der Waals surface area contributed by atoms with Crippen LogP contribution >= 0.6 is 11.3 Å². The molecule has 1 amide bonds. The Morgan fingerprint density at radius 2 is 1.95 bits per heavy atom. The average molecular weight is 300 g/mol. The summed E-state index contributed by atoms with van der Waals surface area (Å²) < 4.78 is 9.12. The molecule has 1 rings (SSSR count). The van der Waals surface area contributed by atoms with E-state index in [-0.39, 0.29) is 19.0 Å². The van der Waals surface area contributed by atoms with Gasteiger partial charge in [0.25, 0.3) is 0 Å². The van der Waals surface area contributed by atoms with E-state index in [1.165, 1.54) is 30.5 Å². The first-order valence-electron chi connectivity index (χ1n) is 5.69. The number of carbonyl (C=O) groups is 3. The summed E-state index contributed by atoms with van der Waals surface area (Å²) in [5.41, 5.74) is 0.401. The normalized spacial score (nSPS) is 10.2. The Morgan fingerprint density at radius 1 is 1.25 bits per heavy atom. The van der Waals surface area contributed by atoms with Crippen molar-refractivity contribution in [3.8, 4) is 0 Å². The number of nitrogens with one attached hydrogen (secondary N) is 1. The van der Waals surface area contributed by atoms with Crippen LogP contribution in [0.15, 0.2) is 11.4 Å². The minimum Gasteiger partial charge on any atom is -0.468 e. The first-order chi connectivity index (χ1) is 9.47. The second-order valence-corrected chi connectivity index (χ2v) is 4.87. The summed E-state index contributed by atoms with van der Waals surface area (Å²) in [5, 5.41) is 4.29. The average Bonchev–Trinajstić information content (AvgIpc) is 2.85. The fourth-order valence-electron chi connectivity index (χ4n) is 1.43. The van der Waals surface area contributed by atoms with Crippen molar-refractivity contribution in [1.29, 1.82) is 0 Å². The highest BCUT2D eigenvalue weighted by Gasteiger charge is 2.17. The molecule has 0 unspecified atom stereocenters. The maximum atomic E-state index is 11.8. The first kappa shape index (κ1) is 16.1. The van der Waals surface area contributed by atoms with Gasteiger partial charge in [0, 0.05) is 0 Å². The predicted octanol–water partition coefficient (Wildman–Crippen LogP) is 0.578. The van der Waals surface area contributed by atoms with E-state index in [1.54, 1.807) is 18.5 Å². The van der Waals surface area contributed by atoms with E-state index in [0.717, 1.165) is 0 Å². The van der Waals surface area contributed by atoms with Gasteiger partial charge in [-0.05, 0) is 18.5 Å². The molecule has 0 saturated heterocycles. The van der Waals surface area contributed by atoms with Crippen molar-refractivity contribution in [1.82, 2.24) is 4.90 Å². The molecule has 0 fully saturated rings. The monoisotopic (exact) mass is 300 g/mol. The van der Waals surface area contributed by atoms with Crippen molar-refractivity contribution in [3.63, 3.8) is 0 Å². The van der Waals surface area contributed by atoms with E-state index >= 15 is 0 Å².